The molecule has 40 heavy (non-hydrogen) atoms. The van der Waals surface area contributed by atoms with Crippen LogP contribution in [0.5, 0.6) is 5.75 Å². The predicted molar refractivity (Wildman–Crippen MR) is 145 cm³/mol. The third kappa shape index (κ3) is 7.05. The zero-order valence-corrected chi connectivity index (χ0v) is 22.9. The van der Waals surface area contributed by atoms with Crippen molar-refractivity contribution >= 4 is 11.8 Å². The standard InChI is InChI=1S/C28H37N7O5/c1-38-23-11-9-21(10-12-23)27-30-32-35(31-27)20-25(36)34(14-13-33-15-18-39-19-16-33)26(24-8-5-17-40-24)28(37)29-22-6-3-2-4-7-22/h5,8-12,17,22,26H,2-4,6-7,13-16,18-20H2,1H3,(H,29,37)/t26-/m1/s1. The summed E-state index contributed by atoms with van der Waals surface area (Å²) in [6.45, 7) is 3.62. The van der Waals surface area contributed by atoms with Crippen LogP contribution in [0.15, 0.2) is 47.1 Å². The van der Waals surface area contributed by atoms with Gasteiger partial charge in [-0.25, -0.2) is 0 Å². The fraction of sp³-hybridized carbons (Fsp3) is 0.536. The Morgan fingerprint density at radius 2 is 1.90 bits per heavy atom. The summed E-state index contributed by atoms with van der Waals surface area (Å²) in [5.74, 6) is 1.01. The van der Waals surface area contributed by atoms with Crippen molar-refractivity contribution in [2.75, 3.05) is 46.5 Å². The average Bonchev–Trinajstić information content (AvgIpc) is 3.69. The van der Waals surface area contributed by atoms with Gasteiger partial charge in [0.15, 0.2) is 6.04 Å². The van der Waals surface area contributed by atoms with E-state index in [0.717, 1.165) is 50.1 Å². The minimum absolute atomic E-state index is 0.0962. The Morgan fingerprint density at radius 1 is 1.12 bits per heavy atom. The topological polar surface area (TPSA) is 128 Å². The van der Waals surface area contributed by atoms with E-state index in [9.17, 15) is 9.59 Å². The van der Waals surface area contributed by atoms with Crippen LogP contribution >= 0.6 is 0 Å². The number of tetrazole rings is 1. The van der Waals surface area contributed by atoms with Crippen molar-refractivity contribution in [1.29, 1.82) is 0 Å². The number of furan rings is 1. The molecule has 2 aromatic heterocycles. The van der Waals surface area contributed by atoms with Gasteiger partial charge in [-0.1, -0.05) is 19.3 Å². The van der Waals surface area contributed by atoms with Gasteiger partial charge in [-0.05, 0) is 54.5 Å². The summed E-state index contributed by atoms with van der Waals surface area (Å²) in [5.41, 5.74) is 0.754. The summed E-state index contributed by atoms with van der Waals surface area (Å²) < 4.78 is 16.4. The molecule has 2 fully saturated rings. The van der Waals surface area contributed by atoms with Crippen LogP contribution in [0.3, 0.4) is 0 Å². The van der Waals surface area contributed by atoms with Crippen molar-refractivity contribution in [3.8, 4) is 17.1 Å². The molecule has 3 aromatic rings. The van der Waals surface area contributed by atoms with Crippen LogP contribution in [0, 0.1) is 0 Å². The molecule has 0 spiro atoms. The van der Waals surface area contributed by atoms with Gasteiger partial charge in [0.25, 0.3) is 5.91 Å². The van der Waals surface area contributed by atoms with Gasteiger partial charge in [-0.3, -0.25) is 14.5 Å². The molecule has 2 amide bonds. The lowest BCUT2D eigenvalue weighted by Crippen LogP contribution is -2.50. The molecule has 12 heteroatoms. The number of ether oxygens (including phenoxy) is 2. The number of hydrogen-bond donors (Lipinski definition) is 1. The first-order valence-corrected chi connectivity index (χ1v) is 14.0. The zero-order valence-electron chi connectivity index (χ0n) is 22.9. The van der Waals surface area contributed by atoms with E-state index < -0.39 is 6.04 Å². The number of hydrogen-bond acceptors (Lipinski definition) is 9. The van der Waals surface area contributed by atoms with Crippen molar-refractivity contribution in [1.82, 2.24) is 35.3 Å². The molecule has 0 radical (unpaired) electrons. The van der Waals surface area contributed by atoms with Gasteiger partial charge in [-0.15, -0.1) is 10.2 Å². The Bertz CT molecular complexity index is 1220. The Labute approximate surface area is 233 Å². The van der Waals surface area contributed by atoms with E-state index in [1.807, 2.05) is 24.3 Å². The van der Waals surface area contributed by atoms with Crippen molar-refractivity contribution in [3.05, 3.63) is 48.4 Å². The molecule has 0 unspecified atom stereocenters. The first kappa shape index (κ1) is 27.8. The molecule has 2 aliphatic rings. The largest absolute Gasteiger partial charge is 0.497 e. The Hall–Kier alpha value is -3.77. The number of rotatable bonds is 11. The second-order valence-electron chi connectivity index (χ2n) is 10.2. The molecule has 1 N–H and O–H groups in total. The van der Waals surface area contributed by atoms with Gasteiger partial charge in [0, 0.05) is 37.8 Å². The highest BCUT2D eigenvalue weighted by molar-refractivity contribution is 5.88. The Balaban J connectivity index is 1.36. The van der Waals surface area contributed by atoms with E-state index in [-0.39, 0.29) is 24.4 Å². The van der Waals surface area contributed by atoms with E-state index in [1.165, 1.54) is 17.5 Å². The lowest BCUT2D eigenvalue weighted by atomic mass is 9.95. The van der Waals surface area contributed by atoms with Crippen LogP contribution in [-0.4, -0.2) is 94.4 Å². The molecule has 0 bridgehead atoms. The number of carbonyl (C=O) groups excluding carboxylic acids is 2. The lowest BCUT2D eigenvalue weighted by molar-refractivity contribution is -0.143. The maximum absolute atomic E-state index is 13.9. The summed E-state index contributed by atoms with van der Waals surface area (Å²) in [6.07, 6.45) is 6.77. The van der Waals surface area contributed by atoms with Gasteiger partial charge in [0.2, 0.25) is 11.7 Å². The number of nitrogens with one attached hydrogen (secondary N) is 1. The van der Waals surface area contributed by atoms with Gasteiger partial charge in [0.05, 0.1) is 26.6 Å². The molecular formula is C28H37N7O5. The van der Waals surface area contributed by atoms with E-state index in [0.29, 0.717) is 37.9 Å². The molecule has 1 saturated heterocycles. The van der Waals surface area contributed by atoms with Crippen LogP contribution in [0.2, 0.25) is 0 Å². The monoisotopic (exact) mass is 551 g/mol. The second-order valence-corrected chi connectivity index (χ2v) is 10.2. The van der Waals surface area contributed by atoms with Gasteiger partial charge < -0.3 is 24.1 Å². The molecule has 12 nitrogen and oxygen atoms in total. The molecule has 1 atom stereocenters. The number of amides is 2. The molecule has 1 aliphatic heterocycles. The third-order valence-electron chi connectivity index (χ3n) is 7.48. The quantitative estimate of drug-likeness (QED) is 0.382. The zero-order chi connectivity index (χ0) is 27.7. The Morgan fingerprint density at radius 3 is 2.60 bits per heavy atom. The van der Waals surface area contributed by atoms with E-state index in [4.69, 9.17) is 13.9 Å². The van der Waals surface area contributed by atoms with Gasteiger partial charge >= 0.3 is 0 Å². The molecular weight excluding hydrogens is 514 g/mol. The normalized spacial score (nSPS) is 17.3. The summed E-state index contributed by atoms with van der Waals surface area (Å²) in [4.78, 5) is 32.7. The fourth-order valence-electron chi connectivity index (χ4n) is 5.25. The minimum atomic E-state index is -0.907. The van der Waals surface area contributed by atoms with Crippen LogP contribution in [0.25, 0.3) is 11.4 Å². The summed E-state index contributed by atoms with van der Waals surface area (Å²) in [6, 6.07) is 9.96. The van der Waals surface area contributed by atoms with Crippen molar-refractivity contribution in [2.45, 2.75) is 50.7 Å². The average molecular weight is 552 g/mol. The first-order chi connectivity index (χ1) is 19.6. The number of carbonyl (C=O) groups is 2. The van der Waals surface area contributed by atoms with Crippen LogP contribution in [0.4, 0.5) is 0 Å². The van der Waals surface area contributed by atoms with Crippen LogP contribution in [0.1, 0.15) is 43.9 Å². The van der Waals surface area contributed by atoms with E-state index in [2.05, 4.69) is 25.6 Å². The van der Waals surface area contributed by atoms with Crippen LogP contribution in [-0.2, 0) is 20.9 Å². The minimum Gasteiger partial charge on any atom is -0.497 e. The third-order valence-corrected chi connectivity index (χ3v) is 7.48. The number of benzene rings is 1. The maximum atomic E-state index is 13.9. The van der Waals surface area contributed by atoms with E-state index >= 15 is 0 Å². The molecule has 5 rings (SSSR count). The van der Waals surface area contributed by atoms with Gasteiger partial charge in [0.1, 0.15) is 18.1 Å². The predicted octanol–water partition coefficient (Wildman–Crippen LogP) is 2.29. The Kier molecular flexibility index (Phi) is 9.40. The second kappa shape index (κ2) is 13.5. The van der Waals surface area contributed by atoms with E-state index in [1.54, 1.807) is 24.1 Å². The summed E-state index contributed by atoms with van der Waals surface area (Å²) in [7, 11) is 1.60. The van der Waals surface area contributed by atoms with Crippen molar-refractivity contribution in [3.63, 3.8) is 0 Å². The highest BCUT2D eigenvalue weighted by Crippen LogP contribution is 2.25. The van der Waals surface area contributed by atoms with Crippen LogP contribution < -0.4 is 10.1 Å². The summed E-state index contributed by atoms with van der Waals surface area (Å²) >= 11 is 0. The molecule has 3 heterocycles. The fourth-order valence-corrected chi connectivity index (χ4v) is 5.25. The highest BCUT2D eigenvalue weighted by atomic mass is 16.5. The molecule has 1 aromatic carbocycles. The van der Waals surface area contributed by atoms with Crippen molar-refractivity contribution < 1.29 is 23.5 Å². The highest BCUT2D eigenvalue weighted by Gasteiger charge is 2.35. The number of aromatic nitrogens is 4. The maximum Gasteiger partial charge on any atom is 0.250 e. The first-order valence-electron chi connectivity index (χ1n) is 14.0. The lowest BCUT2D eigenvalue weighted by Gasteiger charge is -2.34. The summed E-state index contributed by atoms with van der Waals surface area (Å²) in [5, 5.41) is 15.9. The molecule has 1 saturated carbocycles. The number of methoxy groups -OCH3 is 1. The smallest absolute Gasteiger partial charge is 0.250 e. The molecule has 1 aliphatic carbocycles. The SMILES string of the molecule is COc1ccc(-c2nnn(CC(=O)N(CCN3CCOCC3)[C@@H](C(=O)NC3CCCCC3)c3ccco3)n2)cc1. The molecule has 214 valence electrons. The van der Waals surface area contributed by atoms with Gasteiger partial charge in [-0.2, -0.15) is 4.80 Å². The number of nitrogens with zero attached hydrogens (tertiary/aromatic N) is 6. The number of morpholine rings is 1. The van der Waals surface area contributed by atoms with Crippen molar-refractivity contribution in [2.24, 2.45) is 0 Å².